The van der Waals surface area contributed by atoms with E-state index in [4.69, 9.17) is 5.11 Å². The Morgan fingerprint density at radius 2 is 2.44 bits per heavy atom. The smallest absolute Gasteiger partial charge is 0.252 e. The van der Waals surface area contributed by atoms with Crippen LogP contribution < -0.4 is 5.32 Å². The second-order valence-electron chi connectivity index (χ2n) is 4.66. The van der Waals surface area contributed by atoms with Gasteiger partial charge in [0.1, 0.15) is 0 Å². The monoisotopic (exact) mass is 263 g/mol. The second-order valence-corrected chi connectivity index (χ2v) is 5.57. The number of aliphatic hydroxyl groups excluding tert-OH is 1. The summed E-state index contributed by atoms with van der Waals surface area (Å²) in [6.45, 7) is 3.06. The number of carbonyl (C=O) groups excluding carboxylic acids is 1. The fraction of sp³-hybridized carbons (Fsp3) is 0.500. The number of amides is 1. The molecule has 1 amide bonds. The molecular formula is C14H17NO2S. The molecule has 1 aromatic rings. The van der Waals surface area contributed by atoms with Crippen molar-refractivity contribution in [1.82, 2.24) is 5.32 Å². The highest BCUT2D eigenvalue weighted by molar-refractivity contribution is 7.10. The van der Waals surface area contributed by atoms with Gasteiger partial charge in [0.2, 0.25) is 0 Å². The fourth-order valence-electron chi connectivity index (χ4n) is 1.74. The summed E-state index contributed by atoms with van der Waals surface area (Å²) >= 11 is 1.46. The molecule has 1 saturated carbocycles. The summed E-state index contributed by atoms with van der Waals surface area (Å²) in [5, 5.41) is 13.4. The van der Waals surface area contributed by atoms with Gasteiger partial charge in [0.15, 0.2) is 0 Å². The summed E-state index contributed by atoms with van der Waals surface area (Å²) in [5.41, 5.74) is 0.682. The summed E-state index contributed by atoms with van der Waals surface area (Å²) in [4.78, 5) is 12.7. The van der Waals surface area contributed by atoms with Crippen molar-refractivity contribution in [3.8, 4) is 11.8 Å². The van der Waals surface area contributed by atoms with Crippen molar-refractivity contribution in [3.63, 3.8) is 0 Å². The number of nitrogens with one attached hydrogen (secondary N) is 1. The molecule has 0 aromatic carbocycles. The van der Waals surface area contributed by atoms with Crippen LogP contribution in [0.15, 0.2) is 11.4 Å². The predicted octanol–water partition coefficient (Wildman–Crippen LogP) is 1.87. The van der Waals surface area contributed by atoms with Crippen LogP contribution in [0.1, 0.15) is 35.0 Å². The predicted molar refractivity (Wildman–Crippen MR) is 72.5 cm³/mol. The maximum absolute atomic E-state index is 11.8. The van der Waals surface area contributed by atoms with E-state index in [0.29, 0.717) is 17.9 Å². The molecule has 2 atom stereocenters. The summed E-state index contributed by atoms with van der Waals surface area (Å²) in [6.07, 6.45) is 1.70. The number of carbonyl (C=O) groups is 1. The average Bonchev–Trinajstić information content (AvgIpc) is 2.88. The van der Waals surface area contributed by atoms with Crippen molar-refractivity contribution in [1.29, 1.82) is 0 Å². The molecule has 0 radical (unpaired) electrons. The van der Waals surface area contributed by atoms with Gasteiger partial charge in [-0.1, -0.05) is 18.8 Å². The van der Waals surface area contributed by atoms with Crippen molar-refractivity contribution >= 4 is 17.2 Å². The highest BCUT2D eigenvalue weighted by atomic mass is 32.1. The van der Waals surface area contributed by atoms with Gasteiger partial charge in [0.25, 0.3) is 5.91 Å². The highest BCUT2D eigenvalue weighted by Crippen LogP contribution is 2.36. The van der Waals surface area contributed by atoms with Crippen LogP contribution >= 0.6 is 11.3 Å². The Labute approximate surface area is 111 Å². The number of rotatable bonds is 4. The number of aliphatic hydroxyl groups is 1. The van der Waals surface area contributed by atoms with E-state index in [1.165, 1.54) is 17.8 Å². The lowest BCUT2D eigenvalue weighted by Gasteiger charge is -2.01. The maximum Gasteiger partial charge on any atom is 0.252 e. The summed E-state index contributed by atoms with van der Waals surface area (Å²) in [7, 11) is 0. The molecule has 18 heavy (non-hydrogen) atoms. The first-order valence-corrected chi connectivity index (χ1v) is 7.05. The minimum absolute atomic E-state index is 0.0134. The van der Waals surface area contributed by atoms with Crippen LogP contribution in [-0.4, -0.2) is 24.2 Å². The largest absolute Gasteiger partial charge is 0.395 e. The zero-order valence-electron chi connectivity index (χ0n) is 10.4. The van der Waals surface area contributed by atoms with Gasteiger partial charge in [-0.05, 0) is 24.3 Å². The van der Waals surface area contributed by atoms with E-state index in [0.717, 1.165) is 17.3 Å². The first-order valence-electron chi connectivity index (χ1n) is 6.17. The van der Waals surface area contributed by atoms with Crippen LogP contribution in [0.3, 0.4) is 0 Å². The van der Waals surface area contributed by atoms with Gasteiger partial charge in [-0.15, -0.1) is 11.3 Å². The summed E-state index contributed by atoms with van der Waals surface area (Å²) in [5.74, 6) is 7.19. The first-order chi connectivity index (χ1) is 8.70. The van der Waals surface area contributed by atoms with Gasteiger partial charge in [-0.2, -0.15) is 0 Å². The first kappa shape index (κ1) is 13.1. The van der Waals surface area contributed by atoms with Crippen molar-refractivity contribution in [2.45, 2.75) is 19.8 Å². The van der Waals surface area contributed by atoms with Gasteiger partial charge in [0.05, 0.1) is 17.0 Å². The molecule has 0 saturated heterocycles. The van der Waals surface area contributed by atoms with Gasteiger partial charge in [0, 0.05) is 18.3 Å². The SMILES string of the molecule is CC1CC1CNC(=O)c1csc(C#CCCO)c1. The quantitative estimate of drug-likeness (QED) is 0.815. The van der Waals surface area contributed by atoms with Crippen molar-refractivity contribution in [2.75, 3.05) is 13.2 Å². The molecular weight excluding hydrogens is 246 g/mol. The fourth-order valence-corrected chi connectivity index (χ4v) is 2.49. The standard InChI is InChI=1S/C14H17NO2S/c1-10-6-11(10)8-15-14(17)12-7-13(18-9-12)4-2-3-5-16/h7,9-11,16H,3,5-6,8H2,1H3,(H,15,17). The van der Waals surface area contributed by atoms with Crippen LogP contribution in [0.4, 0.5) is 0 Å². The number of thiophene rings is 1. The van der Waals surface area contributed by atoms with E-state index < -0.39 is 0 Å². The average molecular weight is 263 g/mol. The van der Waals surface area contributed by atoms with Crippen LogP contribution in [0.25, 0.3) is 0 Å². The molecule has 2 N–H and O–H groups in total. The molecule has 0 bridgehead atoms. The van der Waals surface area contributed by atoms with Crippen molar-refractivity contribution in [3.05, 3.63) is 21.9 Å². The zero-order chi connectivity index (χ0) is 13.0. The Morgan fingerprint density at radius 3 is 3.11 bits per heavy atom. The third kappa shape index (κ3) is 3.59. The van der Waals surface area contributed by atoms with E-state index >= 15 is 0 Å². The maximum atomic E-state index is 11.8. The minimum atomic E-state index is -0.0134. The Bertz CT molecular complexity index is 483. The number of hydrogen-bond acceptors (Lipinski definition) is 3. The van der Waals surface area contributed by atoms with Crippen LogP contribution in [0.2, 0.25) is 0 Å². The number of hydrogen-bond donors (Lipinski definition) is 2. The second kappa shape index (κ2) is 6.03. The summed E-state index contributed by atoms with van der Waals surface area (Å²) < 4.78 is 0. The molecule has 1 aliphatic rings. The molecule has 1 fully saturated rings. The molecule has 96 valence electrons. The Kier molecular flexibility index (Phi) is 4.40. The molecule has 1 aromatic heterocycles. The molecule has 3 nitrogen and oxygen atoms in total. The van der Waals surface area contributed by atoms with Crippen LogP contribution in [-0.2, 0) is 0 Å². The molecule has 1 heterocycles. The Hall–Kier alpha value is -1.31. The van der Waals surface area contributed by atoms with E-state index in [1.807, 2.05) is 5.38 Å². The summed E-state index contributed by atoms with van der Waals surface area (Å²) in [6, 6.07) is 1.81. The van der Waals surface area contributed by atoms with Crippen molar-refractivity contribution in [2.24, 2.45) is 11.8 Å². The third-order valence-corrected chi connectivity index (χ3v) is 3.96. The minimum Gasteiger partial charge on any atom is -0.395 e. The molecule has 0 aliphatic heterocycles. The van der Waals surface area contributed by atoms with E-state index in [2.05, 4.69) is 24.1 Å². The highest BCUT2D eigenvalue weighted by Gasteiger charge is 2.32. The third-order valence-electron chi connectivity index (χ3n) is 3.11. The normalized spacial score (nSPS) is 21.0. The zero-order valence-corrected chi connectivity index (χ0v) is 11.2. The lowest BCUT2D eigenvalue weighted by Crippen LogP contribution is -2.25. The van der Waals surface area contributed by atoms with Gasteiger partial charge >= 0.3 is 0 Å². The van der Waals surface area contributed by atoms with E-state index in [-0.39, 0.29) is 12.5 Å². The van der Waals surface area contributed by atoms with E-state index in [9.17, 15) is 4.79 Å². The lowest BCUT2D eigenvalue weighted by molar-refractivity contribution is 0.0952. The molecule has 1 aliphatic carbocycles. The van der Waals surface area contributed by atoms with Crippen molar-refractivity contribution < 1.29 is 9.90 Å². The molecule has 2 rings (SSSR count). The van der Waals surface area contributed by atoms with Crippen LogP contribution in [0.5, 0.6) is 0 Å². The Balaban J connectivity index is 1.85. The Morgan fingerprint density at radius 1 is 1.67 bits per heavy atom. The van der Waals surface area contributed by atoms with E-state index in [1.54, 1.807) is 6.07 Å². The molecule has 4 heteroatoms. The van der Waals surface area contributed by atoms with Gasteiger partial charge in [-0.3, -0.25) is 4.79 Å². The van der Waals surface area contributed by atoms with Gasteiger partial charge < -0.3 is 10.4 Å². The topological polar surface area (TPSA) is 49.3 Å². The lowest BCUT2D eigenvalue weighted by atomic mass is 10.2. The van der Waals surface area contributed by atoms with Gasteiger partial charge in [-0.25, -0.2) is 0 Å². The molecule has 0 spiro atoms. The molecule has 2 unspecified atom stereocenters. The van der Waals surface area contributed by atoms with Crippen LogP contribution in [0, 0.1) is 23.7 Å².